The highest BCUT2D eigenvalue weighted by molar-refractivity contribution is 7.83. The lowest BCUT2D eigenvalue weighted by Gasteiger charge is -2.03. The van der Waals surface area contributed by atoms with E-state index >= 15 is 0 Å². The Hall–Kier alpha value is -2.68. The second kappa shape index (κ2) is 5.75. The molecular weight excluding hydrogens is 298 g/mol. The topological polar surface area (TPSA) is 108 Å². The van der Waals surface area contributed by atoms with Crippen LogP contribution in [0.5, 0.6) is 0 Å². The van der Waals surface area contributed by atoms with E-state index in [-0.39, 0.29) is 17.1 Å². The van der Waals surface area contributed by atoms with Crippen LogP contribution in [0.2, 0.25) is 0 Å². The number of hydrogen-bond donors (Lipinski definition) is 1. The molecule has 2 rings (SSSR count). The van der Waals surface area contributed by atoms with Gasteiger partial charge in [0.2, 0.25) is 11.6 Å². The summed E-state index contributed by atoms with van der Waals surface area (Å²) in [6.07, 6.45) is 0. The van der Waals surface area contributed by atoms with Crippen LogP contribution in [-0.4, -0.2) is 20.4 Å². The number of nitrogens with zero attached hydrogens (tertiary/aromatic N) is 3. The molecule has 0 saturated carbocycles. The quantitative estimate of drug-likeness (QED) is 0.399. The van der Waals surface area contributed by atoms with E-state index in [9.17, 15) is 19.7 Å². The van der Waals surface area contributed by atoms with Crippen molar-refractivity contribution in [1.82, 2.24) is 9.72 Å². The van der Waals surface area contributed by atoms with Crippen LogP contribution in [-0.2, 0) is 0 Å². The SMILES string of the molecule is C/C(=C/S)n1c(C(=O)c2ccc([N+](=O)[O-])cc2)noc1=O. The normalized spacial score (nSPS) is 11.4. The van der Waals surface area contributed by atoms with E-state index in [1.807, 2.05) is 0 Å². The molecule has 0 saturated heterocycles. The van der Waals surface area contributed by atoms with Crippen molar-refractivity contribution < 1.29 is 14.2 Å². The first-order valence-corrected chi connectivity index (χ1v) is 6.16. The molecule has 0 spiro atoms. The minimum Gasteiger partial charge on any atom is -0.295 e. The minimum atomic E-state index is -0.817. The third-order valence-corrected chi connectivity index (χ3v) is 3.06. The molecular formula is C12H9N3O5S. The Morgan fingerprint density at radius 3 is 2.57 bits per heavy atom. The largest absolute Gasteiger partial charge is 0.446 e. The number of aromatic nitrogens is 2. The van der Waals surface area contributed by atoms with Gasteiger partial charge < -0.3 is 0 Å². The summed E-state index contributed by atoms with van der Waals surface area (Å²) in [5.74, 6) is -1.63. The second-order valence-corrected chi connectivity index (χ2v) is 4.27. The van der Waals surface area contributed by atoms with E-state index in [0.717, 1.165) is 4.57 Å². The number of carbonyl (C=O) groups excluding carboxylic acids is 1. The number of ketones is 1. The molecule has 0 fully saturated rings. The van der Waals surface area contributed by atoms with Crippen LogP contribution >= 0.6 is 12.6 Å². The zero-order valence-electron chi connectivity index (χ0n) is 10.7. The summed E-state index contributed by atoms with van der Waals surface area (Å²) < 4.78 is 5.45. The molecule has 9 heteroatoms. The number of carbonyl (C=O) groups is 1. The third kappa shape index (κ3) is 2.77. The van der Waals surface area contributed by atoms with Crippen molar-refractivity contribution in [3.63, 3.8) is 0 Å². The first kappa shape index (κ1) is 14.7. The number of nitro groups is 1. The fourth-order valence-electron chi connectivity index (χ4n) is 1.63. The predicted octanol–water partition coefficient (Wildman–Crippen LogP) is 1.72. The highest BCUT2D eigenvalue weighted by atomic mass is 32.1. The van der Waals surface area contributed by atoms with Gasteiger partial charge in [-0.05, 0) is 24.5 Å². The zero-order valence-corrected chi connectivity index (χ0v) is 11.6. The van der Waals surface area contributed by atoms with Gasteiger partial charge in [-0.3, -0.25) is 19.4 Å². The summed E-state index contributed by atoms with van der Waals surface area (Å²) in [5.41, 5.74) is 0.361. The average molecular weight is 307 g/mol. The van der Waals surface area contributed by atoms with Gasteiger partial charge in [0.1, 0.15) is 0 Å². The van der Waals surface area contributed by atoms with Crippen molar-refractivity contribution in [2.24, 2.45) is 0 Å². The van der Waals surface area contributed by atoms with E-state index in [0.29, 0.717) is 5.70 Å². The molecule has 0 aliphatic heterocycles. The number of allylic oxidation sites excluding steroid dienone is 1. The number of rotatable bonds is 4. The summed E-state index contributed by atoms with van der Waals surface area (Å²) in [5, 5.41) is 15.3. The maximum atomic E-state index is 12.3. The highest BCUT2D eigenvalue weighted by Crippen LogP contribution is 2.15. The zero-order chi connectivity index (χ0) is 15.6. The summed E-state index contributed by atoms with van der Waals surface area (Å²) in [7, 11) is 0. The van der Waals surface area contributed by atoms with Gasteiger partial charge in [0.15, 0.2) is 0 Å². The van der Waals surface area contributed by atoms with Crippen molar-refractivity contribution in [1.29, 1.82) is 0 Å². The Kier molecular flexibility index (Phi) is 4.03. The first-order chi connectivity index (χ1) is 9.95. The fraction of sp³-hybridized carbons (Fsp3) is 0.0833. The highest BCUT2D eigenvalue weighted by Gasteiger charge is 2.21. The second-order valence-electron chi connectivity index (χ2n) is 4.01. The van der Waals surface area contributed by atoms with Crippen LogP contribution < -0.4 is 5.76 Å². The van der Waals surface area contributed by atoms with Gasteiger partial charge >= 0.3 is 5.76 Å². The number of thiol groups is 1. The van der Waals surface area contributed by atoms with Gasteiger partial charge in [-0.25, -0.2) is 9.36 Å². The molecule has 1 heterocycles. The van der Waals surface area contributed by atoms with Crippen molar-refractivity contribution in [2.45, 2.75) is 6.92 Å². The maximum Gasteiger partial charge on any atom is 0.446 e. The van der Waals surface area contributed by atoms with Crippen LogP contribution in [0.4, 0.5) is 5.69 Å². The Morgan fingerprint density at radius 1 is 1.43 bits per heavy atom. The minimum absolute atomic E-state index is 0.143. The van der Waals surface area contributed by atoms with Gasteiger partial charge in [-0.15, -0.1) is 12.6 Å². The average Bonchev–Trinajstić information content (AvgIpc) is 2.87. The molecule has 0 radical (unpaired) electrons. The molecule has 0 atom stereocenters. The lowest BCUT2D eigenvalue weighted by Crippen LogP contribution is -2.18. The van der Waals surface area contributed by atoms with E-state index < -0.39 is 16.5 Å². The van der Waals surface area contributed by atoms with E-state index in [2.05, 4.69) is 22.3 Å². The van der Waals surface area contributed by atoms with Gasteiger partial charge in [0.05, 0.1) is 4.92 Å². The van der Waals surface area contributed by atoms with Crippen molar-refractivity contribution in [2.75, 3.05) is 0 Å². The molecule has 8 nitrogen and oxygen atoms in total. The molecule has 1 aromatic carbocycles. The van der Waals surface area contributed by atoms with E-state index in [4.69, 9.17) is 0 Å². The van der Waals surface area contributed by atoms with Crippen LogP contribution in [0.25, 0.3) is 5.70 Å². The lowest BCUT2D eigenvalue weighted by molar-refractivity contribution is -0.384. The van der Waals surface area contributed by atoms with Crippen LogP contribution in [0.3, 0.4) is 0 Å². The fourth-order valence-corrected chi connectivity index (χ4v) is 1.74. The Labute approximate surface area is 123 Å². The molecule has 0 aliphatic rings. The lowest BCUT2D eigenvalue weighted by atomic mass is 10.1. The van der Waals surface area contributed by atoms with Crippen LogP contribution in [0.1, 0.15) is 23.1 Å². The van der Waals surface area contributed by atoms with Crippen LogP contribution in [0.15, 0.2) is 39.0 Å². The standard InChI is InChI=1S/C12H9N3O5S/c1-7(6-21)14-11(13-20-12(14)17)10(16)8-2-4-9(5-3-8)15(18)19/h2-6,21H,1H3/b7-6-. The molecule has 0 amide bonds. The van der Waals surface area contributed by atoms with Gasteiger partial charge in [-0.1, -0.05) is 5.16 Å². The molecule has 2 aromatic rings. The number of non-ortho nitro benzene ring substituents is 1. The molecule has 0 N–H and O–H groups in total. The smallest absolute Gasteiger partial charge is 0.295 e. The number of nitro benzene ring substituents is 1. The van der Waals surface area contributed by atoms with Crippen LogP contribution in [0, 0.1) is 10.1 Å². The van der Waals surface area contributed by atoms with Crippen molar-refractivity contribution in [3.05, 3.63) is 61.7 Å². The molecule has 0 unspecified atom stereocenters. The summed E-state index contributed by atoms with van der Waals surface area (Å²) >= 11 is 3.91. The first-order valence-electron chi connectivity index (χ1n) is 5.65. The van der Waals surface area contributed by atoms with E-state index in [1.54, 1.807) is 6.92 Å². The molecule has 0 aliphatic carbocycles. The summed E-state index contributed by atoms with van der Waals surface area (Å²) in [4.78, 5) is 33.8. The van der Waals surface area contributed by atoms with Gasteiger partial charge in [0.25, 0.3) is 5.69 Å². The Bertz CT molecular complexity index is 788. The van der Waals surface area contributed by atoms with Crippen molar-refractivity contribution >= 4 is 29.8 Å². The molecule has 108 valence electrons. The monoisotopic (exact) mass is 307 g/mol. The third-order valence-electron chi connectivity index (χ3n) is 2.69. The molecule has 0 bridgehead atoms. The summed E-state index contributed by atoms with van der Waals surface area (Å²) in [6.45, 7) is 1.55. The number of benzene rings is 1. The van der Waals surface area contributed by atoms with Gasteiger partial charge in [0, 0.05) is 23.4 Å². The summed E-state index contributed by atoms with van der Waals surface area (Å²) in [6, 6.07) is 4.95. The molecule has 21 heavy (non-hydrogen) atoms. The van der Waals surface area contributed by atoms with Gasteiger partial charge in [-0.2, -0.15) is 0 Å². The Morgan fingerprint density at radius 2 is 2.05 bits per heavy atom. The number of hydrogen-bond acceptors (Lipinski definition) is 7. The van der Waals surface area contributed by atoms with Crippen molar-refractivity contribution in [3.8, 4) is 0 Å². The Balaban J connectivity index is 2.46. The van der Waals surface area contributed by atoms with E-state index in [1.165, 1.54) is 29.7 Å². The maximum absolute atomic E-state index is 12.3. The molecule has 1 aromatic heterocycles. The predicted molar refractivity (Wildman–Crippen MR) is 76.2 cm³/mol.